The molecule has 0 fully saturated rings. The molecule has 0 amide bonds. The van der Waals surface area contributed by atoms with Gasteiger partial charge in [-0.15, -0.1) is 11.8 Å². The number of ketones is 1. The lowest BCUT2D eigenvalue weighted by Crippen LogP contribution is -2.25. The standard InChI is InChI=1S/C12H14O3S/c1-2-9-3-5-11(6-4-9)16-8-10(13)7-12(14)15/h3-6H,2,7-8H2,1H3,(H,14,15)/p-1. The first-order chi connectivity index (χ1) is 7.61. The van der Waals surface area contributed by atoms with Crippen molar-refractivity contribution in [3.05, 3.63) is 29.8 Å². The van der Waals surface area contributed by atoms with Gasteiger partial charge in [0.25, 0.3) is 0 Å². The van der Waals surface area contributed by atoms with Gasteiger partial charge in [0.15, 0.2) is 0 Å². The fourth-order valence-corrected chi connectivity index (χ4v) is 1.96. The van der Waals surface area contributed by atoms with E-state index in [0.29, 0.717) is 0 Å². The summed E-state index contributed by atoms with van der Waals surface area (Å²) in [7, 11) is 0. The maximum absolute atomic E-state index is 11.1. The van der Waals surface area contributed by atoms with Crippen LogP contribution in [0.1, 0.15) is 18.9 Å². The molecule has 0 heterocycles. The molecule has 4 heteroatoms. The average molecular weight is 237 g/mol. The molecule has 0 radical (unpaired) electrons. The topological polar surface area (TPSA) is 57.2 Å². The number of Topliss-reactive ketones (excluding diaryl/α,β-unsaturated/α-hetero) is 1. The summed E-state index contributed by atoms with van der Waals surface area (Å²) in [6, 6.07) is 7.89. The highest BCUT2D eigenvalue weighted by Crippen LogP contribution is 2.18. The van der Waals surface area contributed by atoms with Crippen molar-refractivity contribution in [2.75, 3.05) is 5.75 Å². The van der Waals surface area contributed by atoms with Crippen LogP contribution in [0.3, 0.4) is 0 Å². The van der Waals surface area contributed by atoms with Gasteiger partial charge in [0.2, 0.25) is 0 Å². The van der Waals surface area contributed by atoms with Crippen LogP contribution in [-0.4, -0.2) is 17.5 Å². The second kappa shape index (κ2) is 6.33. The molecule has 1 aromatic rings. The summed E-state index contributed by atoms with van der Waals surface area (Å²) < 4.78 is 0. The minimum Gasteiger partial charge on any atom is -0.550 e. The van der Waals surface area contributed by atoms with Crippen molar-refractivity contribution in [2.45, 2.75) is 24.7 Å². The molecule has 0 spiro atoms. The van der Waals surface area contributed by atoms with Gasteiger partial charge < -0.3 is 9.90 Å². The van der Waals surface area contributed by atoms with E-state index >= 15 is 0 Å². The van der Waals surface area contributed by atoms with Crippen LogP contribution in [0.4, 0.5) is 0 Å². The summed E-state index contributed by atoms with van der Waals surface area (Å²) in [5.41, 5.74) is 1.24. The van der Waals surface area contributed by atoms with E-state index in [0.717, 1.165) is 11.3 Å². The minimum absolute atomic E-state index is 0.180. The molecule has 0 bridgehead atoms. The van der Waals surface area contributed by atoms with Crippen molar-refractivity contribution in [2.24, 2.45) is 0 Å². The monoisotopic (exact) mass is 237 g/mol. The number of carboxylic acid groups (broad SMARTS) is 1. The van der Waals surface area contributed by atoms with Crippen LogP contribution >= 0.6 is 11.8 Å². The van der Waals surface area contributed by atoms with Crippen LogP contribution in [0.5, 0.6) is 0 Å². The largest absolute Gasteiger partial charge is 0.550 e. The molecule has 1 aromatic carbocycles. The molecule has 0 unspecified atom stereocenters. The molecule has 0 aliphatic heterocycles. The van der Waals surface area contributed by atoms with Gasteiger partial charge in [0, 0.05) is 17.3 Å². The first kappa shape index (κ1) is 12.8. The van der Waals surface area contributed by atoms with Crippen molar-refractivity contribution in [3.63, 3.8) is 0 Å². The van der Waals surface area contributed by atoms with E-state index in [1.165, 1.54) is 17.3 Å². The lowest BCUT2D eigenvalue weighted by molar-refractivity contribution is -0.304. The Morgan fingerprint density at radius 1 is 1.25 bits per heavy atom. The first-order valence-corrected chi connectivity index (χ1v) is 6.03. The SMILES string of the molecule is CCc1ccc(SCC(=O)CC(=O)[O-])cc1. The number of rotatable bonds is 6. The zero-order valence-corrected chi connectivity index (χ0v) is 9.88. The van der Waals surface area contributed by atoms with Gasteiger partial charge >= 0.3 is 0 Å². The molecule has 1 rings (SSSR count). The lowest BCUT2D eigenvalue weighted by atomic mass is 10.2. The average Bonchev–Trinajstić information content (AvgIpc) is 2.26. The van der Waals surface area contributed by atoms with Crippen LogP contribution in [0.15, 0.2) is 29.2 Å². The Morgan fingerprint density at radius 3 is 2.38 bits per heavy atom. The number of carboxylic acids is 1. The highest BCUT2D eigenvalue weighted by Gasteiger charge is 2.03. The second-order valence-electron chi connectivity index (χ2n) is 3.37. The number of benzene rings is 1. The number of carbonyl (C=O) groups excluding carboxylic acids is 2. The van der Waals surface area contributed by atoms with Crippen LogP contribution in [0.2, 0.25) is 0 Å². The first-order valence-electron chi connectivity index (χ1n) is 5.05. The lowest BCUT2D eigenvalue weighted by Gasteiger charge is -2.03. The minimum atomic E-state index is -1.31. The van der Waals surface area contributed by atoms with E-state index in [1.807, 2.05) is 24.3 Å². The van der Waals surface area contributed by atoms with Crippen LogP contribution < -0.4 is 5.11 Å². The van der Waals surface area contributed by atoms with Gasteiger partial charge in [-0.2, -0.15) is 0 Å². The molecule has 0 aliphatic rings. The number of carbonyl (C=O) groups is 2. The van der Waals surface area contributed by atoms with Crippen LogP contribution in [0.25, 0.3) is 0 Å². The highest BCUT2D eigenvalue weighted by atomic mass is 32.2. The van der Waals surface area contributed by atoms with Gasteiger partial charge in [-0.25, -0.2) is 0 Å². The molecule has 0 N–H and O–H groups in total. The van der Waals surface area contributed by atoms with Gasteiger partial charge in [-0.3, -0.25) is 4.79 Å². The molecule has 0 aliphatic carbocycles. The molecule has 0 aromatic heterocycles. The van der Waals surface area contributed by atoms with E-state index < -0.39 is 12.4 Å². The van der Waals surface area contributed by atoms with Gasteiger partial charge in [-0.05, 0) is 24.1 Å². The summed E-state index contributed by atoms with van der Waals surface area (Å²) in [5.74, 6) is -1.45. The molecule has 16 heavy (non-hydrogen) atoms. The number of aliphatic carboxylic acids is 1. The van der Waals surface area contributed by atoms with E-state index in [1.54, 1.807) is 0 Å². The van der Waals surface area contributed by atoms with E-state index in [9.17, 15) is 14.7 Å². The van der Waals surface area contributed by atoms with Crippen molar-refractivity contribution in [3.8, 4) is 0 Å². The number of hydrogen-bond donors (Lipinski definition) is 0. The fourth-order valence-electron chi connectivity index (χ4n) is 1.20. The highest BCUT2D eigenvalue weighted by molar-refractivity contribution is 8.00. The third-order valence-electron chi connectivity index (χ3n) is 2.07. The van der Waals surface area contributed by atoms with Gasteiger partial charge in [0.05, 0.1) is 5.75 Å². The number of thioether (sulfide) groups is 1. The van der Waals surface area contributed by atoms with Gasteiger partial charge in [-0.1, -0.05) is 19.1 Å². The summed E-state index contributed by atoms with van der Waals surface area (Å²) in [4.78, 5) is 22.2. The summed E-state index contributed by atoms with van der Waals surface area (Å²) in [6.07, 6.45) is 0.481. The Balaban J connectivity index is 2.42. The molecule has 86 valence electrons. The summed E-state index contributed by atoms with van der Waals surface area (Å²) in [6.45, 7) is 2.07. The molecule has 3 nitrogen and oxygen atoms in total. The maximum Gasteiger partial charge on any atom is 0.148 e. The smallest absolute Gasteiger partial charge is 0.148 e. The van der Waals surface area contributed by atoms with Crippen LogP contribution in [-0.2, 0) is 16.0 Å². The Bertz CT molecular complexity index is 370. The van der Waals surface area contributed by atoms with E-state index in [-0.39, 0.29) is 11.5 Å². The summed E-state index contributed by atoms with van der Waals surface area (Å²) in [5, 5.41) is 10.2. The molecular formula is C12H13O3S-. The molecule has 0 saturated heterocycles. The van der Waals surface area contributed by atoms with Crippen LogP contribution in [0, 0.1) is 0 Å². The Morgan fingerprint density at radius 2 is 1.88 bits per heavy atom. The predicted molar refractivity (Wildman–Crippen MR) is 61.2 cm³/mol. The zero-order valence-electron chi connectivity index (χ0n) is 9.06. The normalized spacial score (nSPS) is 10.1. The van der Waals surface area contributed by atoms with Gasteiger partial charge in [0.1, 0.15) is 5.78 Å². The third kappa shape index (κ3) is 4.49. The van der Waals surface area contributed by atoms with Crippen molar-refractivity contribution < 1.29 is 14.7 Å². The number of hydrogen-bond acceptors (Lipinski definition) is 4. The Kier molecular flexibility index (Phi) is 5.05. The Hall–Kier alpha value is -1.29. The third-order valence-corrected chi connectivity index (χ3v) is 3.14. The Labute approximate surface area is 98.9 Å². The van der Waals surface area contributed by atoms with Crippen molar-refractivity contribution in [1.82, 2.24) is 0 Å². The predicted octanol–water partition coefficient (Wildman–Crippen LogP) is 1.05. The van der Waals surface area contributed by atoms with Crippen molar-refractivity contribution in [1.29, 1.82) is 0 Å². The quantitative estimate of drug-likeness (QED) is 0.548. The fraction of sp³-hybridized carbons (Fsp3) is 0.333. The van der Waals surface area contributed by atoms with E-state index in [2.05, 4.69) is 6.92 Å². The van der Waals surface area contributed by atoms with Crippen molar-refractivity contribution >= 4 is 23.5 Å². The maximum atomic E-state index is 11.1. The molecule has 0 atom stereocenters. The molecule has 0 saturated carbocycles. The van der Waals surface area contributed by atoms with E-state index in [4.69, 9.17) is 0 Å². The number of aryl methyl sites for hydroxylation is 1. The molecular weight excluding hydrogens is 224 g/mol. The zero-order chi connectivity index (χ0) is 12.0. The second-order valence-corrected chi connectivity index (χ2v) is 4.42. The summed E-state index contributed by atoms with van der Waals surface area (Å²) >= 11 is 1.35.